The number of halogens is 1. The molecule has 1 saturated heterocycles. The average Bonchev–Trinajstić information content (AvgIpc) is 3.06. The van der Waals surface area contributed by atoms with Crippen LogP contribution in [0.25, 0.3) is 5.76 Å². The van der Waals surface area contributed by atoms with E-state index in [1.807, 2.05) is 26.0 Å². The zero-order valence-electron chi connectivity index (χ0n) is 17.9. The van der Waals surface area contributed by atoms with Crippen molar-refractivity contribution in [3.63, 3.8) is 0 Å². The summed E-state index contributed by atoms with van der Waals surface area (Å²) < 4.78 is 18.9. The van der Waals surface area contributed by atoms with E-state index in [2.05, 4.69) is 0 Å². The Balaban J connectivity index is 2.02. The minimum atomic E-state index is -0.920. The van der Waals surface area contributed by atoms with Gasteiger partial charge < -0.3 is 9.84 Å². The molecule has 32 heavy (non-hydrogen) atoms. The molecule has 3 aromatic rings. The number of aliphatic hydroxyl groups excluding tert-OH is 1. The van der Waals surface area contributed by atoms with Gasteiger partial charge in [-0.3, -0.25) is 14.5 Å². The Morgan fingerprint density at radius 1 is 0.969 bits per heavy atom. The molecule has 1 aliphatic rings. The van der Waals surface area contributed by atoms with E-state index in [1.54, 1.807) is 30.3 Å². The molecule has 1 unspecified atom stereocenters. The van der Waals surface area contributed by atoms with Crippen LogP contribution in [0.3, 0.4) is 0 Å². The maximum Gasteiger partial charge on any atom is 0.300 e. The summed E-state index contributed by atoms with van der Waals surface area (Å²) in [6, 6.07) is 16.8. The van der Waals surface area contributed by atoms with Crippen LogP contribution < -0.4 is 9.64 Å². The first-order valence-electron chi connectivity index (χ1n) is 10.1. The number of anilines is 1. The van der Waals surface area contributed by atoms with Gasteiger partial charge in [0.2, 0.25) is 0 Å². The third kappa shape index (κ3) is 3.43. The number of hydrogen-bond donors (Lipinski definition) is 1. The van der Waals surface area contributed by atoms with Crippen LogP contribution in [0.4, 0.5) is 10.1 Å². The fourth-order valence-corrected chi connectivity index (χ4v) is 4.03. The molecule has 3 aromatic carbocycles. The van der Waals surface area contributed by atoms with Gasteiger partial charge in [-0.1, -0.05) is 30.3 Å². The highest BCUT2D eigenvalue weighted by Crippen LogP contribution is 2.45. The number of hydrogen-bond acceptors (Lipinski definition) is 4. The number of aliphatic hydroxyl groups is 1. The normalized spacial score (nSPS) is 17.6. The number of benzene rings is 3. The van der Waals surface area contributed by atoms with Gasteiger partial charge in [0, 0.05) is 16.8 Å². The number of para-hydroxylation sites is 1. The fraction of sp³-hybridized carbons (Fsp3) is 0.154. The monoisotopic (exact) mass is 431 g/mol. The SMILES string of the molecule is COc1ccccc1C1/C(=C(\O)c2ccc(F)cc2)C(=O)C(=O)N1c1cccc(C)c1C. The van der Waals surface area contributed by atoms with Crippen molar-refractivity contribution >= 4 is 23.1 Å². The Hall–Kier alpha value is -3.93. The number of carbonyl (C=O) groups excluding carboxylic acids is 2. The van der Waals surface area contributed by atoms with E-state index in [0.29, 0.717) is 17.0 Å². The maximum atomic E-state index is 13.4. The van der Waals surface area contributed by atoms with Crippen LogP contribution >= 0.6 is 0 Å². The lowest BCUT2D eigenvalue weighted by Crippen LogP contribution is -2.30. The van der Waals surface area contributed by atoms with Crippen LogP contribution in [-0.2, 0) is 9.59 Å². The predicted molar refractivity (Wildman–Crippen MR) is 120 cm³/mol. The molecular weight excluding hydrogens is 409 g/mol. The molecule has 0 spiro atoms. The minimum absolute atomic E-state index is 0.0768. The summed E-state index contributed by atoms with van der Waals surface area (Å²) in [6.07, 6.45) is 0. The lowest BCUT2D eigenvalue weighted by atomic mass is 9.94. The van der Waals surface area contributed by atoms with E-state index in [1.165, 1.54) is 36.3 Å². The number of rotatable bonds is 4. The lowest BCUT2D eigenvalue weighted by molar-refractivity contribution is -0.132. The van der Waals surface area contributed by atoms with Crippen LogP contribution in [0.15, 0.2) is 72.3 Å². The summed E-state index contributed by atoms with van der Waals surface area (Å²) in [6.45, 7) is 3.80. The number of amides is 1. The lowest BCUT2D eigenvalue weighted by Gasteiger charge is -2.28. The largest absolute Gasteiger partial charge is 0.507 e. The molecule has 5 nitrogen and oxygen atoms in total. The van der Waals surface area contributed by atoms with Gasteiger partial charge in [0.1, 0.15) is 17.3 Å². The van der Waals surface area contributed by atoms with Crippen LogP contribution in [0.5, 0.6) is 5.75 Å². The van der Waals surface area contributed by atoms with Crippen LogP contribution in [0.1, 0.15) is 28.3 Å². The number of Topliss-reactive ketones (excluding diaryl/α,β-unsaturated/α-hetero) is 1. The summed E-state index contributed by atoms with van der Waals surface area (Å²) in [5.41, 5.74) is 3.09. The molecule has 1 N–H and O–H groups in total. The summed E-state index contributed by atoms with van der Waals surface area (Å²) in [5.74, 6) is -1.94. The van der Waals surface area contributed by atoms with E-state index >= 15 is 0 Å². The Kier molecular flexibility index (Phi) is 5.53. The van der Waals surface area contributed by atoms with Gasteiger partial charge >= 0.3 is 0 Å². The van der Waals surface area contributed by atoms with Crippen molar-refractivity contribution in [2.24, 2.45) is 0 Å². The first-order valence-corrected chi connectivity index (χ1v) is 10.1. The van der Waals surface area contributed by atoms with Crippen LogP contribution in [0, 0.1) is 19.7 Å². The Bertz CT molecular complexity index is 1250. The molecule has 1 heterocycles. The molecule has 0 aromatic heterocycles. The highest BCUT2D eigenvalue weighted by Gasteiger charge is 2.48. The van der Waals surface area contributed by atoms with Crippen molar-refractivity contribution in [2.75, 3.05) is 12.0 Å². The van der Waals surface area contributed by atoms with Crippen LogP contribution in [-0.4, -0.2) is 23.9 Å². The highest BCUT2D eigenvalue weighted by molar-refractivity contribution is 6.51. The Labute approximate surface area is 185 Å². The predicted octanol–water partition coefficient (Wildman–Crippen LogP) is 5.08. The van der Waals surface area contributed by atoms with E-state index in [4.69, 9.17) is 4.74 Å². The molecule has 1 amide bonds. The molecule has 162 valence electrons. The number of ether oxygens (including phenoxy) is 1. The highest BCUT2D eigenvalue weighted by atomic mass is 19.1. The minimum Gasteiger partial charge on any atom is -0.507 e. The molecule has 1 atom stereocenters. The molecule has 0 radical (unpaired) electrons. The standard InChI is InChI=1S/C26H22FNO4/c1-15-7-6-9-20(16(15)2)28-23(19-8-4-5-10-21(19)32-3)22(25(30)26(28)31)24(29)17-11-13-18(27)14-12-17/h4-14,23,29H,1-3H3/b24-22+. The first kappa shape index (κ1) is 21.3. The summed E-state index contributed by atoms with van der Waals surface area (Å²) >= 11 is 0. The Morgan fingerprint density at radius 2 is 1.66 bits per heavy atom. The van der Waals surface area contributed by atoms with Gasteiger partial charge in [-0.2, -0.15) is 0 Å². The van der Waals surface area contributed by atoms with E-state index in [9.17, 15) is 19.1 Å². The van der Waals surface area contributed by atoms with Crippen molar-refractivity contribution in [3.05, 3.63) is 100 Å². The second-order valence-electron chi connectivity index (χ2n) is 7.64. The molecule has 0 aliphatic carbocycles. The second kappa shape index (κ2) is 8.30. The third-order valence-corrected chi connectivity index (χ3v) is 5.83. The number of aryl methyl sites for hydroxylation is 1. The number of nitrogens with zero attached hydrogens (tertiary/aromatic N) is 1. The zero-order valence-corrected chi connectivity index (χ0v) is 17.9. The van der Waals surface area contributed by atoms with Crippen molar-refractivity contribution in [1.29, 1.82) is 0 Å². The molecule has 1 fully saturated rings. The van der Waals surface area contributed by atoms with Crippen molar-refractivity contribution in [1.82, 2.24) is 0 Å². The smallest absolute Gasteiger partial charge is 0.300 e. The number of ketones is 1. The number of carbonyl (C=O) groups is 2. The van der Waals surface area contributed by atoms with Crippen LogP contribution in [0.2, 0.25) is 0 Å². The van der Waals surface area contributed by atoms with Gasteiger partial charge in [0.25, 0.3) is 11.7 Å². The summed E-state index contributed by atoms with van der Waals surface area (Å²) in [5, 5.41) is 11.1. The average molecular weight is 431 g/mol. The van der Waals surface area contributed by atoms with Gasteiger partial charge in [0.05, 0.1) is 18.7 Å². The van der Waals surface area contributed by atoms with Crippen molar-refractivity contribution in [2.45, 2.75) is 19.9 Å². The van der Waals surface area contributed by atoms with Gasteiger partial charge in [-0.25, -0.2) is 4.39 Å². The second-order valence-corrected chi connectivity index (χ2v) is 7.64. The van der Waals surface area contributed by atoms with E-state index in [-0.39, 0.29) is 16.9 Å². The molecule has 4 rings (SSSR count). The molecule has 1 aliphatic heterocycles. The van der Waals surface area contributed by atoms with Gasteiger partial charge in [0.15, 0.2) is 0 Å². The van der Waals surface area contributed by atoms with E-state index in [0.717, 1.165) is 11.1 Å². The molecule has 6 heteroatoms. The van der Waals surface area contributed by atoms with Gasteiger partial charge in [-0.15, -0.1) is 0 Å². The molecule has 0 saturated carbocycles. The Morgan fingerprint density at radius 3 is 2.34 bits per heavy atom. The first-order chi connectivity index (χ1) is 15.3. The maximum absolute atomic E-state index is 13.4. The topological polar surface area (TPSA) is 66.8 Å². The van der Waals surface area contributed by atoms with Crippen molar-refractivity contribution in [3.8, 4) is 5.75 Å². The quantitative estimate of drug-likeness (QED) is 0.356. The third-order valence-electron chi connectivity index (χ3n) is 5.83. The molecule has 0 bridgehead atoms. The van der Waals surface area contributed by atoms with E-state index < -0.39 is 23.5 Å². The summed E-state index contributed by atoms with van der Waals surface area (Å²) in [4.78, 5) is 27.9. The van der Waals surface area contributed by atoms with Gasteiger partial charge in [-0.05, 0) is 61.4 Å². The fourth-order valence-electron chi connectivity index (χ4n) is 4.03. The number of methoxy groups -OCH3 is 1. The van der Waals surface area contributed by atoms with Crippen molar-refractivity contribution < 1.29 is 23.8 Å². The zero-order chi connectivity index (χ0) is 23.0. The summed E-state index contributed by atoms with van der Waals surface area (Å²) in [7, 11) is 1.50. The molecular formula is C26H22FNO4.